The lowest BCUT2D eigenvalue weighted by molar-refractivity contribution is -0.0281. The number of hydrogen-bond acceptors (Lipinski definition) is 4. The van der Waals surface area contributed by atoms with E-state index in [0.29, 0.717) is 6.10 Å². The molecule has 0 spiro atoms. The van der Waals surface area contributed by atoms with Gasteiger partial charge in [-0.3, -0.25) is 4.90 Å². The number of ether oxygens (including phenoxy) is 1. The SMILES string of the molecule is CNCC1CN(CCC(C)(C)C#N)CCO1. The highest BCUT2D eigenvalue weighted by Crippen LogP contribution is 2.19. The Hall–Kier alpha value is -0.630. The molecule has 0 aromatic heterocycles. The number of hydrogen-bond donors (Lipinski definition) is 1. The van der Waals surface area contributed by atoms with E-state index in [1.54, 1.807) is 0 Å². The first-order chi connectivity index (χ1) is 7.57. The van der Waals surface area contributed by atoms with E-state index in [1.807, 2.05) is 20.9 Å². The average Bonchev–Trinajstić information content (AvgIpc) is 2.28. The first kappa shape index (κ1) is 13.4. The molecule has 0 saturated carbocycles. The van der Waals surface area contributed by atoms with Crippen molar-refractivity contribution in [1.82, 2.24) is 10.2 Å². The van der Waals surface area contributed by atoms with Crippen LogP contribution in [0.15, 0.2) is 0 Å². The molecule has 1 heterocycles. The van der Waals surface area contributed by atoms with Gasteiger partial charge < -0.3 is 10.1 Å². The molecular formula is C12H23N3O. The third-order valence-electron chi connectivity index (χ3n) is 3.01. The van der Waals surface area contributed by atoms with E-state index in [-0.39, 0.29) is 5.41 Å². The number of nitrogens with zero attached hydrogens (tertiary/aromatic N) is 2. The van der Waals surface area contributed by atoms with Crippen molar-refractivity contribution in [2.45, 2.75) is 26.4 Å². The topological polar surface area (TPSA) is 48.3 Å². The van der Waals surface area contributed by atoms with Crippen LogP contribution in [0.25, 0.3) is 0 Å². The summed E-state index contributed by atoms with van der Waals surface area (Å²) in [6, 6.07) is 2.35. The minimum Gasteiger partial charge on any atom is -0.374 e. The predicted molar refractivity (Wildman–Crippen MR) is 64.1 cm³/mol. The Balaban J connectivity index is 2.30. The molecule has 0 aliphatic carbocycles. The summed E-state index contributed by atoms with van der Waals surface area (Å²) in [6.07, 6.45) is 1.22. The lowest BCUT2D eigenvalue weighted by Gasteiger charge is -2.33. The van der Waals surface area contributed by atoms with Crippen LogP contribution >= 0.6 is 0 Å². The summed E-state index contributed by atoms with van der Waals surface area (Å²) in [6.45, 7) is 8.66. The highest BCUT2D eigenvalue weighted by Gasteiger charge is 2.23. The standard InChI is InChI=1S/C12H23N3O/c1-12(2,10-13)4-5-15-6-7-16-11(9-15)8-14-3/h11,14H,4-9H2,1-3H3. The van der Waals surface area contributed by atoms with Crippen LogP contribution in [0.2, 0.25) is 0 Å². The summed E-state index contributed by atoms with van der Waals surface area (Å²) in [4.78, 5) is 2.39. The van der Waals surface area contributed by atoms with Crippen molar-refractivity contribution < 1.29 is 4.74 Å². The smallest absolute Gasteiger partial charge is 0.0826 e. The highest BCUT2D eigenvalue weighted by molar-refractivity contribution is 4.92. The molecule has 0 radical (unpaired) electrons. The fourth-order valence-electron chi connectivity index (χ4n) is 1.83. The van der Waals surface area contributed by atoms with E-state index >= 15 is 0 Å². The maximum absolute atomic E-state index is 8.96. The molecule has 1 aliphatic heterocycles. The molecule has 1 rings (SSSR count). The van der Waals surface area contributed by atoms with Gasteiger partial charge in [-0.1, -0.05) is 0 Å². The zero-order chi connectivity index (χ0) is 12.0. The van der Waals surface area contributed by atoms with Gasteiger partial charge in [0.05, 0.1) is 24.2 Å². The van der Waals surface area contributed by atoms with Crippen LogP contribution in [0.4, 0.5) is 0 Å². The van der Waals surface area contributed by atoms with Crippen molar-refractivity contribution in [1.29, 1.82) is 5.26 Å². The summed E-state index contributed by atoms with van der Waals surface area (Å²) in [5.41, 5.74) is -0.212. The summed E-state index contributed by atoms with van der Waals surface area (Å²) in [7, 11) is 1.95. The highest BCUT2D eigenvalue weighted by atomic mass is 16.5. The van der Waals surface area contributed by atoms with E-state index in [4.69, 9.17) is 10.00 Å². The average molecular weight is 225 g/mol. The van der Waals surface area contributed by atoms with Crippen LogP contribution in [0.5, 0.6) is 0 Å². The Morgan fingerprint density at radius 3 is 2.94 bits per heavy atom. The normalized spacial score (nSPS) is 23.0. The largest absolute Gasteiger partial charge is 0.374 e. The van der Waals surface area contributed by atoms with Crippen molar-refractivity contribution in [3.63, 3.8) is 0 Å². The lowest BCUT2D eigenvalue weighted by Crippen LogP contribution is -2.46. The maximum atomic E-state index is 8.96. The van der Waals surface area contributed by atoms with Crippen LogP contribution in [-0.4, -0.2) is 50.8 Å². The molecule has 0 amide bonds. The summed E-state index contributed by atoms with van der Waals surface area (Å²) < 4.78 is 5.64. The zero-order valence-electron chi connectivity index (χ0n) is 10.6. The van der Waals surface area contributed by atoms with Crippen molar-refractivity contribution in [2.24, 2.45) is 5.41 Å². The molecule has 1 atom stereocenters. The fraction of sp³-hybridized carbons (Fsp3) is 0.917. The molecular weight excluding hydrogens is 202 g/mol. The molecule has 16 heavy (non-hydrogen) atoms. The van der Waals surface area contributed by atoms with E-state index in [1.165, 1.54) is 0 Å². The summed E-state index contributed by atoms with van der Waals surface area (Å²) in [5, 5.41) is 12.1. The Bertz CT molecular complexity index is 245. The lowest BCUT2D eigenvalue weighted by atomic mass is 9.91. The van der Waals surface area contributed by atoms with Crippen molar-refractivity contribution >= 4 is 0 Å². The molecule has 1 saturated heterocycles. The Morgan fingerprint density at radius 1 is 1.56 bits per heavy atom. The number of rotatable bonds is 5. The second-order valence-electron chi connectivity index (χ2n) is 5.10. The third-order valence-corrected chi connectivity index (χ3v) is 3.01. The molecule has 1 fully saturated rings. The Kier molecular flexibility index (Phi) is 5.20. The van der Waals surface area contributed by atoms with Gasteiger partial charge in [-0.15, -0.1) is 0 Å². The number of likely N-dealkylation sites (N-methyl/N-ethyl adjacent to an activating group) is 1. The molecule has 1 aliphatic rings. The van der Waals surface area contributed by atoms with Crippen molar-refractivity contribution in [2.75, 3.05) is 39.8 Å². The van der Waals surface area contributed by atoms with Gasteiger partial charge in [-0.2, -0.15) is 5.26 Å². The number of morpholine rings is 1. The minimum absolute atomic E-state index is 0.212. The fourth-order valence-corrected chi connectivity index (χ4v) is 1.83. The molecule has 1 N–H and O–H groups in total. The van der Waals surface area contributed by atoms with Crippen LogP contribution in [0.3, 0.4) is 0 Å². The van der Waals surface area contributed by atoms with Crippen LogP contribution in [-0.2, 0) is 4.74 Å². The van der Waals surface area contributed by atoms with Crippen LogP contribution in [0.1, 0.15) is 20.3 Å². The minimum atomic E-state index is -0.212. The molecule has 92 valence electrons. The Morgan fingerprint density at radius 2 is 2.31 bits per heavy atom. The predicted octanol–water partition coefficient (Wildman–Crippen LogP) is 0.846. The van der Waals surface area contributed by atoms with Gasteiger partial charge in [-0.25, -0.2) is 0 Å². The molecule has 4 nitrogen and oxygen atoms in total. The first-order valence-electron chi connectivity index (χ1n) is 5.97. The number of nitrogens with one attached hydrogen (secondary N) is 1. The molecule has 0 bridgehead atoms. The van der Waals surface area contributed by atoms with Gasteiger partial charge in [0, 0.05) is 19.6 Å². The quantitative estimate of drug-likeness (QED) is 0.753. The van der Waals surface area contributed by atoms with Crippen molar-refractivity contribution in [3.8, 4) is 6.07 Å². The van der Waals surface area contributed by atoms with E-state index in [9.17, 15) is 0 Å². The second kappa shape index (κ2) is 6.19. The Labute approximate surface area is 98.6 Å². The monoisotopic (exact) mass is 225 g/mol. The molecule has 0 aromatic carbocycles. The van der Waals surface area contributed by atoms with Gasteiger partial charge in [0.2, 0.25) is 0 Å². The molecule has 1 unspecified atom stereocenters. The first-order valence-corrected chi connectivity index (χ1v) is 5.97. The van der Waals surface area contributed by atoms with Crippen LogP contribution in [0, 0.1) is 16.7 Å². The maximum Gasteiger partial charge on any atom is 0.0826 e. The van der Waals surface area contributed by atoms with Gasteiger partial charge in [0.1, 0.15) is 0 Å². The molecule has 4 heteroatoms. The van der Waals surface area contributed by atoms with E-state index < -0.39 is 0 Å². The third kappa shape index (κ3) is 4.48. The summed E-state index contributed by atoms with van der Waals surface area (Å²) in [5.74, 6) is 0. The van der Waals surface area contributed by atoms with Gasteiger partial charge in [0.25, 0.3) is 0 Å². The van der Waals surface area contributed by atoms with Gasteiger partial charge in [0.15, 0.2) is 0 Å². The van der Waals surface area contributed by atoms with E-state index in [0.717, 1.165) is 39.2 Å². The summed E-state index contributed by atoms with van der Waals surface area (Å²) >= 11 is 0. The van der Waals surface area contributed by atoms with Crippen molar-refractivity contribution in [3.05, 3.63) is 0 Å². The number of nitriles is 1. The van der Waals surface area contributed by atoms with Crippen LogP contribution < -0.4 is 5.32 Å². The molecule has 0 aromatic rings. The second-order valence-corrected chi connectivity index (χ2v) is 5.10. The zero-order valence-corrected chi connectivity index (χ0v) is 10.6. The van der Waals surface area contributed by atoms with E-state index in [2.05, 4.69) is 16.3 Å². The van der Waals surface area contributed by atoms with Gasteiger partial charge in [-0.05, 0) is 33.9 Å². The van der Waals surface area contributed by atoms with Gasteiger partial charge >= 0.3 is 0 Å².